The van der Waals surface area contributed by atoms with Gasteiger partial charge in [-0.2, -0.15) is 0 Å². The lowest BCUT2D eigenvalue weighted by molar-refractivity contribution is 0.952. The predicted octanol–water partition coefficient (Wildman–Crippen LogP) is 3.62. The largest absolute Gasteiger partial charge is 0.327 e. The van der Waals surface area contributed by atoms with Crippen LogP contribution in [0.1, 0.15) is 22.3 Å². The number of benzene rings is 2. The molecule has 108 valence electrons. The van der Waals surface area contributed by atoms with Crippen molar-refractivity contribution in [3.05, 3.63) is 52.6 Å². The van der Waals surface area contributed by atoms with Crippen molar-refractivity contribution in [3.8, 4) is 11.4 Å². The van der Waals surface area contributed by atoms with E-state index >= 15 is 0 Å². The van der Waals surface area contributed by atoms with Gasteiger partial charge in [-0.1, -0.05) is 23.8 Å². The standard InChI is InChI=1S/C18H21N3/c1-11-7-12(2)17(13(3)8-11)18-20-15-6-5-14(10-19)9-16(15)21(18)4/h5-9H,10,19H2,1-4H3. The van der Waals surface area contributed by atoms with Gasteiger partial charge in [0.05, 0.1) is 11.0 Å². The Balaban J connectivity index is 2.29. The molecule has 0 saturated carbocycles. The molecule has 21 heavy (non-hydrogen) atoms. The summed E-state index contributed by atoms with van der Waals surface area (Å²) in [5.41, 5.74) is 14.1. The van der Waals surface area contributed by atoms with Gasteiger partial charge in [0.1, 0.15) is 5.82 Å². The zero-order valence-electron chi connectivity index (χ0n) is 13.1. The lowest BCUT2D eigenvalue weighted by atomic mass is 9.99. The molecule has 2 N–H and O–H groups in total. The summed E-state index contributed by atoms with van der Waals surface area (Å²) < 4.78 is 2.17. The summed E-state index contributed by atoms with van der Waals surface area (Å²) in [6.07, 6.45) is 0. The van der Waals surface area contributed by atoms with Crippen molar-refractivity contribution in [1.82, 2.24) is 9.55 Å². The Morgan fingerprint density at radius 3 is 2.33 bits per heavy atom. The van der Waals surface area contributed by atoms with E-state index in [1.165, 1.54) is 22.3 Å². The molecule has 0 bridgehead atoms. The molecule has 0 aliphatic heterocycles. The van der Waals surface area contributed by atoms with E-state index in [0.717, 1.165) is 22.4 Å². The SMILES string of the molecule is Cc1cc(C)c(-c2nc3ccc(CN)cc3n2C)c(C)c1. The number of nitrogens with two attached hydrogens (primary N) is 1. The summed E-state index contributed by atoms with van der Waals surface area (Å²) in [4.78, 5) is 4.83. The smallest absolute Gasteiger partial charge is 0.141 e. The summed E-state index contributed by atoms with van der Waals surface area (Å²) in [6, 6.07) is 10.7. The number of hydrogen-bond acceptors (Lipinski definition) is 2. The van der Waals surface area contributed by atoms with Crippen molar-refractivity contribution in [1.29, 1.82) is 0 Å². The molecule has 3 aromatic rings. The second-order valence-corrected chi connectivity index (χ2v) is 5.80. The summed E-state index contributed by atoms with van der Waals surface area (Å²) in [5, 5.41) is 0. The molecule has 0 unspecified atom stereocenters. The van der Waals surface area contributed by atoms with E-state index in [-0.39, 0.29) is 0 Å². The predicted molar refractivity (Wildman–Crippen MR) is 88.3 cm³/mol. The van der Waals surface area contributed by atoms with E-state index in [2.05, 4.69) is 56.7 Å². The third-order valence-corrected chi connectivity index (χ3v) is 4.08. The summed E-state index contributed by atoms with van der Waals surface area (Å²) >= 11 is 0. The average molecular weight is 279 g/mol. The molecule has 0 aliphatic carbocycles. The van der Waals surface area contributed by atoms with Gasteiger partial charge >= 0.3 is 0 Å². The van der Waals surface area contributed by atoms with Crippen LogP contribution in [0, 0.1) is 20.8 Å². The van der Waals surface area contributed by atoms with Crippen molar-refractivity contribution in [3.63, 3.8) is 0 Å². The van der Waals surface area contributed by atoms with Crippen LogP contribution in [0.5, 0.6) is 0 Å². The fourth-order valence-corrected chi connectivity index (χ4v) is 3.12. The van der Waals surface area contributed by atoms with Crippen LogP contribution in [0.4, 0.5) is 0 Å². The van der Waals surface area contributed by atoms with Crippen molar-refractivity contribution in [2.75, 3.05) is 0 Å². The van der Waals surface area contributed by atoms with E-state index in [4.69, 9.17) is 10.7 Å². The minimum Gasteiger partial charge on any atom is -0.327 e. The van der Waals surface area contributed by atoms with Gasteiger partial charge in [-0.05, 0) is 49.6 Å². The van der Waals surface area contributed by atoms with Gasteiger partial charge in [0.15, 0.2) is 0 Å². The maximum Gasteiger partial charge on any atom is 0.141 e. The molecule has 1 heterocycles. The lowest BCUT2D eigenvalue weighted by Crippen LogP contribution is -1.99. The van der Waals surface area contributed by atoms with Crippen LogP contribution < -0.4 is 5.73 Å². The zero-order valence-corrected chi connectivity index (χ0v) is 13.1. The third kappa shape index (κ3) is 2.24. The van der Waals surface area contributed by atoms with Crippen LogP contribution in [0.2, 0.25) is 0 Å². The van der Waals surface area contributed by atoms with Gasteiger partial charge in [0.25, 0.3) is 0 Å². The van der Waals surface area contributed by atoms with Gasteiger partial charge in [-0.15, -0.1) is 0 Å². The normalized spacial score (nSPS) is 11.3. The molecule has 0 aliphatic rings. The van der Waals surface area contributed by atoms with Gasteiger partial charge in [0.2, 0.25) is 0 Å². The maximum absolute atomic E-state index is 5.74. The minimum absolute atomic E-state index is 0.555. The highest BCUT2D eigenvalue weighted by Crippen LogP contribution is 2.30. The van der Waals surface area contributed by atoms with Crippen molar-refractivity contribution >= 4 is 11.0 Å². The number of aryl methyl sites for hydroxylation is 4. The first-order chi connectivity index (χ1) is 10.0. The molecular formula is C18H21N3. The number of aromatic nitrogens is 2. The fourth-order valence-electron chi connectivity index (χ4n) is 3.12. The molecule has 0 fully saturated rings. The molecule has 3 rings (SSSR count). The van der Waals surface area contributed by atoms with Crippen LogP contribution in [-0.4, -0.2) is 9.55 Å². The molecule has 0 saturated heterocycles. The van der Waals surface area contributed by atoms with Crippen molar-refractivity contribution in [2.45, 2.75) is 27.3 Å². The molecule has 0 radical (unpaired) electrons. The minimum atomic E-state index is 0.555. The van der Waals surface area contributed by atoms with Crippen LogP contribution in [0.15, 0.2) is 30.3 Å². The second kappa shape index (κ2) is 5.01. The molecule has 0 spiro atoms. The lowest BCUT2D eigenvalue weighted by Gasteiger charge is -2.11. The quantitative estimate of drug-likeness (QED) is 0.778. The zero-order chi connectivity index (χ0) is 15.1. The van der Waals surface area contributed by atoms with E-state index in [1.807, 2.05) is 6.07 Å². The highest BCUT2D eigenvalue weighted by Gasteiger charge is 2.14. The molecule has 3 nitrogen and oxygen atoms in total. The Kier molecular flexibility index (Phi) is 3.30. The van der Waals surface area contributed by atoms with E-state index in [0.29, 0.717) is 6.54 Å². The highest BCUT2D eigenvalue weighted by molar-refractivity contribution is 5.82. The molecule has 2 aromatic carbocycles. The van der Waals surface area contributed by atoms with Crippen LogP contribution in [0.25, 0.3) is 22.4 Å². The summed E-state index contributed by atoms with van der Waals surface area (Å²) in [7, 11) is 2.07. The molecule has 0 atom stereocenters. The molecular weight excluding hydrogens is 258 g/mol. The Hall–Kier alpha value is -2.13. The average Bonchev–Trinajstić information content (AvgIpc) is 2.75. The highest BCUT2D eigenvalue weighted by atomic mass is 15.1. The van der Waals surface area contributed by atoms with E-state index in [1.54, 1.807) is 0 Å². The first kappa shape index (κ1) is 13.8. The Morgan fingerprint density at radius 1 is 1.05 bits per heavy atom. The van der Waals surface area contributed by atoms with Crippen LogP contribution in [-0.2, 0) is 13.6 Å². The van der Waals surface area contributed by atoms with Crippen molar-refractivity contribution in [2.24, 2.45) is 12.8 Å². The third-order valence-electron chi connectivity index (χ3n) is 4.08. The molecule has 3 heteroatoms. The van der Waals surface area contributed by atoms with Crippen LogP contribution >= 0.6 is 0 Å². The monoisotopic (exact) mass is 279 g/mol. The maximum atomic E-state index is 5.74. The summed E-state index contributed by atoms with van der Waals surface area (Å²) in [5.74, 6) is 1.02. The summed E-state index contributed by atoms with van der Waals surface area (Å²) in [6.45, 7) is 6.99. The Labute approximate surface area is 125 Å². The van der Waals surface area contributed by atoms with E-state index in [9.17, 15) is 0 Å². The molecule has 0 amide bonds. The van der Waals surface area contributed by atoms with Gasteiger partial charge in [-0.25, -0.2) is 4.98 Å². The number of imidazole rings is 1. The Morgan fingerprint density at radius 2 is 1.71 bits per heavy atom. The van der Waals surface area contributed by atoms with Gasteiger partial charge < -0.3 is 10.3 Å². The topological polar surface area (TPSA) is 43.8 Å². The fraction of sp³-hybridized carbons (Fsp3) is 0.278. The Bertz CT molecular complexity index is 805. The number of fused-ring (bicyclic) bond motifs is 1. The van der Waals surface area contributed by atoms with Crippen LogP contribution in [0.3, 0.4) is 0 Å². The first-order valence-electron chi connectivity index (χ1n) is 7.25. The van der Waals surface area contributed by atoms with Gasteiger partial charge in [0, 0.05) is 19.2 Å². The van der Waals surface area contributed by atoms with Crippen molar-refractivity contribution < 1.29 is 0 Å². The molecule has 1 aromatic heterocycles. The second-order valence-electron chi connectivity index (χ2n) is 5.80. The van der Waals surface area contributed by atoms with Gasteiger partial charge in [-0.3, -0.25) is 0 Å². The number of hydrogen-bond donors (Lipinski definition) is 1. The van der Waals surface area contributed by atoms with E-state index < -0.39 is 0 Å². The number of rotatable bonds is 2. The first-order valence-corrected chi connectivity index (χ1v) is 7.25. The number of nitrogens with zero attached hydrogens (tertiary/aromatic N) is 2.